The van der Waals surface area contributed by atoms with Gasteiger partial charge in [-0.05, 0) is 47.5 Å². The van der Waals surface area contributed by atoms with Gasteiger partial charge in [0.25, 0.3) is 0 Å². The molecule has 0 spiro atoms. The highest BCUT2D eigenvalue weighted by Gasteiger charge is 2.36. The average Bonchev–Trinajstić information content (AvgIpc) is 3.08. The van der Waals surface area contributed by atoms with Crippen LogP contribution < -0.4 is 15.3 Å². The minimum Gasteiger partial charge on any atom is -0.310 e. The normalized spacial score (nSPS) is 14.0. The molecule has 0 radical (unpaired) electrons. The van der Waals surface area contributed by atoms with Gasteiger partial charge in [-0.25, -0.2) is 15.0 Å². The molecule has 48 heavy (non-hydrogen) atoms. The molecule has 4 nitrogen and oxygen atoms in total. The Balaban J connectivity index is 1.32. The largest absolute Gasteiger partial charge is 0.310 e. The number of anilines is 3. The van der Waals surface area contributed by atoms with E-state index < -0.39 is 16.1 Å². The summed E-state index contributed by atoms with van der Waals surface area (Å²) in [6.07, 6.45) is 0. The van der Waals surface area contributed by atoms with E-state index in [0.29, 0.717) is 17.5 Å². The van der Waals surface area contributed by atoms with E-state index in [9.17, 15) is 0 Å². The SMILES string of the molecule is CC1(C)c2ccccc2N(c2ccc(-c3nc(-c4ccc([Si](C)(C)C)cc4)nc(-c4ccc([Si](C)(C)C)cc4)n3)cc2)c2ccccc21. The van der Waals surface area contributed by atoms with Crippen molar-refractivity contribution in [3.05, 3.63) is 132 Å². The molecule has 7 rings (SSSR count). The molecule has 2 heterocycles. The van der Waals surface area contributed by atoms with Crippen molar-refractivity contribution in [1.29, 1.82) is 0 Å². The van der Waals surface area contributed by atoms with Crippen LogP contribution in [0.2, 0.25) is 39.3 Å². The molecular formula is C42H44N4Si2. The predicted molar refractivity (Wildman–Crippen MR) is 209 cm³/mol. The Morgan fingerprint density at radius 3 is 1.12 bits per heavy atom. The second-order valence-corrected chi connectivity index (χ2v) is 25.7. The lowest BCUT2D eigenvalue weighted by Crippen LogP contribution is -2.37. The van der Waals surface area contributed by atoms with Crippen LogP contribution in [0.3, 0.4) is 0 Å². The van der Waals surface area contributed by atoms with Crippen molar-refractivity contribution in [2.24, 2.45) is 0 Å². The van der Waals surface area contributed by atoms with E-state index >= 15 is 0 Å². The van der Waals surface area contributed by atoms with E-state index in [-0.39, 0.29) is 5.41 Å². The second-order valence-electron chi connectivity index (χ2n) is 15.5. The molecule has 0 atom stereocenters. The van der Waals surface area contributed by atoms with Crippen molar-refractivity contribution >= 4 is 43.6 Å². The fourth-order valence-electron chi connectivity index (χ4n) is 6.71. The lowest BCUT2D eigenvalue weighted by Gasteiger charge is -2.42. The van der Waals surface area contributed by atoms with E-state index in [2.05, 4.69) is 179 Å². The number of hydrogen-bond acceptors (Lipinski definition) is 4. The molecule has 6 heteroatoms. The number of para-hydroxylation sites is 2. The number of aromatic nitrogens is 3. The lowest BCUT2D eigenvalue weighted by molar-refractivity contribution is 0.632. The van der Waals surface area contributed by atoms with Crippen LogP contribution in [0.4, 0.5) is 17.1 Å². The van der Waals surface area contributed by atoms with Crippen molar-refractivity contribution in [3.63, 3.8) is 0 Å². The van der Waals surface area contributed by atoms with Crippen molar-refractivity contribution in [2.45, 2.75) is 58.5 Å². The summed E-state index contributed by atoms with van der Waals surface area (Å²) < 4.78 is 0. The van der Waals surface area contributed by atoms with Gasteiger partial charge in [-0.1, -0.05) is 148 Å². The molecular weight excluding hydrogens is 617 g/mol. The molecule has 0 unspecified atom stereocenters. The number of rotatable bonds is 6. The zero-order valence-corrected chi connectivity index (χ0v) is 31.3. The minimum absolute atomic E-state index is 0.0954. The molecule has 0 amide bonds. The zero-order valence-electron chi connectivity index (χ0n) is 29.3. The molecule has 0 saturated carbocycles. The van der Waals surface area contributed by atoms with E-state index in [4.69, 9.17) is 15.0 Å². The third-order valence-corrected chi connectivity index (χ3v) is 13.8. The number of hydrogen-bond donors (Lipinski definition) is 0. The second kappa shape index (κ2) is 11.8. The maximum atomic E-state index is 5.06. The first-order chi connectivity index (χ1) is 22.8. The van der Waals surface area contributed by atoms with Gasteiger partial charge in [0, 0.05) is 27.8 Å². The van der Waals surface area contributed by atoms with Gasteiger partial charge in [0.2, 0.25) is 0 Å². The van der Waals surface area contributed by atoms with Crippen molar-refractivity contribution in [3.8, 4) is 34.2 Å². The highest BCUT2D eigenvalue weighted by Crippen LogP contribution is 2.51. The molecule has 5 aromatic carbocycles. The van der Waals surface area contributed by atoms with Gasteiger partial charge < -0.3 is 4.90 Å². The van der Waals surface area contributed by atoms with Gasteiger partial charge >= 0.3 is 0 Å². The fraction of sp³-hybridized carbons (Fsp3) is 0.214. The molecule has 0 aliphatic carbocycles. The third-order valence-electron chi connectivity index (χ3n) is 9.67. The van der Waals surface area contributed by atoms with Crippen LogP contribution in [0.1, 0.15) is 25.0 Å². The first-order valence-corrected chi connectivity index (χ1v) is 23.9. The molecule has 6 aromatic rings. The standard InChI is InChI=1S/C42H44N4Si2/c1-42(2)35-13-9-11-15-37(35)46(38-16-12-10-14-36(38)42)32-23-17-29(18-24-32)39-43-40(30-19-25-33(26-20-30)47(3,4)5)45-41(44-39)31-21-27-34(28-22-31)48(6,7)8/h9-28H,1-8H3. The Morgan fingerprint density at radius 1 is 0.438 bits per heavy atom. The molecule has 0 N–H and O–H groups in total. The summed E-state index contributed by atoms with van der Waals surface area (Å²) in [7, 11) is -2.86. The van der Waals surface area contributed by atoms with Gasteiger partial charge in [-0.3, -0.25) is 0 Å². The molecule has 240 valence electrons. The maximum Gasteiger partial charge on any atom is 0.164 e. The summed E-state index contributed by atoms with van der Waals surface area (Å²) in [6, 6.07) is 43.8. The third kappa shape index (κ3) is 5.84. The Morgan fingerprint density at radius 2 is 0.771 bits per heavy atom. The van der Waals surface area contributed by atoms with Crippen LogP contribution in [-0.2, 0) is 5.41 Å². The van der Waals surface area contributed by atoms with E-state index in [1.165, 1.54) is 32.9 Å². The van der Waals surface area contributed by atoms with Crippen molar-refractivity contribution in [1.82, 2.24) is 15.0 Å². The first-order valence-electron chi connectivity index (χ1n) is 16.9. The summed E-state index contributed by atoms with van der Waals surface area (Å²) >= 11 is 0. The summed E-state index contributed by atoms with van der Waals surface area (Å²) in [5, 5.41) is 2.84. The lowest BCUT2D eigenvalue weighted by atomic mass is 9.73. The van der Waals surface area contributed by atoms with Gasteiger partial charge in [0.15, 0.2) is 17.5 Å². The van der Waals surface area contributed by atoms with Crippen LogP contribution in [0.25, 0.3) is 34.2 Å². The first kappa shape index (κ1) is 31.9. The van der Waals surface area contributed by atoms with Crippen LogP contribution >= 0.6 is 0 Å². The minimum atomic E-state index is -1.43. The van der Waals surface area contributed by atoms with Crippen LogP contribution in [0, 0.1) is 0 Å². The van der Waals surface area contributed by atoms with E-state index in [0.717, 1.165) is 22.4 Å². The Labute approximate surface area is 287 Å². The number of nitrogens with zero attached hydrogens (tertiary/aromatic N) is 4. The molecule has 1 aromatic heterocycles. The zero-order chi connectivity index (χ0) is 33.8. The van der Waals surface area contributed by atoms with E-state index in [1.807, 2.05) is 0 Å². The predicted octanol–water partition coefficient (Wildman–Crippen LogP) is 10.1. The Hall–Kier alpha value is -4.66. The molecule has 0 bridgehead atoms. The quantitative estimate of drug-likeness (QED) is 0.167. The van der Waals surface area contributed by atoms with Gasteiger partial charge in [-0.15, -0.1) is 0 Å². The number of benzene rings is 5. The van der Waals surface area contributed by atoms with Gasteiger partial charge in [0.1, 0.15) is 0 Å². The van der Waals surface area contributed by atoms with Crippen molar-refractivity contribution in [2.75, 3.05) is 4.90 Å². The molecule has 1 aliphatic rings. The topological polar surface area (TPSA) is 41.9 Å². The summed E-state index contributed by atoms with van der Waals surface area (Å²) in [5.41, 5.74) is 9.03. The summed E-state index contributed by atoms with van der Waals surface area (Å²) in [4.78, 5) is 17.5. The highest BCUT2D eigenvalue weighted by atomic mass is 28.3. The summed E-state index contributed by atoms with van der Waals surface area (Å²) in [6.45, 7) is 18.9. The maximum absolute atomic E-state index is 5.06. The fourth-order valence-corrected chi connectivity index (χ4v) is 9.04. The monoisotopic (exact) mass is 660 g/mol. The molecule has 0 fully saturated rings. The smallest absolute Gasteiger partial charge is 0.164 e. The van der Waals surface area contributed by atoms with E-state index in [1.54, 1.807) is 0 Å². The average molecular weight is 661 g/mol. The Bertz CT molecular complexity index is 1980. The Kier molecular flexibility index (Phi) is 7.84. The molecule has 1 aliphatic heterocycles. The van der Waals surface area contributed by atoms with Crippen LogP contribution in [0.5, 0.6) is 0 Å². The summed E-state index contributed by atoms with van der Waals surface area (Å²) in [5.74, 6) is 2.05. The van der Waals surface area contributed by atoms with Crippen LogP contribution in [-0.4, -0.2) is 31.1 Å². The van der Waals surface area contributed by atoms with Crippen LogP contribution in [0.15, 0.2) is 121 Å². The highest BCUT2D eigenvalue weighted by molar-refractivity contribution is 6.89. The van der Waals surface area contributed by atoms with Crippen molar-refractivity contribution < 1.29 is 0 Å². The molecule has 0 saturated heterocycles. The van der Waals surface area contributed by atoms with Gasteiger partial charge in [0.05, 0.1) is 27.5 Å². The number of fused-ring (bicyclic) bond motifs is 2. The van der Waals surface area contributed by atoms with Gasteiger partial charge in [-0.2, -0.15) is 0 Å².